The molecule has 1 aromatic rings. The number of carbonyl (C=O) groups excluding carboxylic acids is 2. The highest BCUT2D eigenvalue weighted by Crippen LogP contribution is 2.17. The molecule has 2 unspecified atom stereocenters. The lowest BCUT2D eigenvalue weighted by molar-refractivity contribution is -0.145. The number of hydrogen-bond donors (Lipinski definition) is 1. The summed E-state index contributed by atoms with van der Waals surface area (Å²) in [6.45, 7) is 3.48. The average molecular weight is 280 g/mol. The number of nitrogens with zero attached hydrogens (tertiary/aromatic N) is 1. The van der Waals surface area contributed by atoms with Gasteiger partial charge in [0.25, 0.3) is 0 Å². The number of amides is 1. The first-order valence-electron chi connectivity index (χ1n) is 6.73. The average Bonchev–Trinajstić information content (AvgIpc) is 3.08. The van der Waals surface area contributed by atoms with Gasteiger partial charge in [-0.2, -0.15) is 0 Å². The van der Waals surface area contributed by atoms with Crippen molar-refractivity contribution in [3.05, 3.63) is 24.2 Å². The maximum Gasteiger partial charge on any atom is 0.310 e. The summed E-state index contributed by atoms with van der Waals surface area (Å²) < 4.78 is 9.96. The molecule has 2 atom stereocenters. The van der Waals surface area contributed by atoms with Crippen molar-refractivity contribution >= 4 is 11.9 Å². The molecular formula is C14H20N2O4. The van der Waals surface area contributed by atoms with E-state index in [1.807, 2.05) is 17.9 Å². The minimum absolute atomic E-state index is 0.0700. The number of esters is 1. The summed E-state index contributed by atoms with van der Waals surface area (Å²) >= 11 is 0. The van der Waals surface area contributed by atoms with Crippen LogP contribution in [0.3, 0.4) is 0 Å². The van der Waals surface area contributed by atoms with Gasteiger partial charge in [0.1, 0.15) is 5.76 Å². The number of methoxy groups -OCH3 is 1. The van der Waals surface area contributed by atoms with Crippen LogP contribution in [-0.4, -0.2) is 43.5 Å². The third kappa shape index (κ3) is 3.60. The SMILES string of the molecule is COC(=O)C1CCN(CC(=O)NC(C)c2ccco2)C1. The van der Waals surface area contributed by atoms with Crippen LogP contribution in [0.4, 0.5) is 0 Å². The molecule has 2 heterocycles. The van der Waals surface area contributed by atoms with Crippen molar-refractivity contribution in [2.45, 2.75) is 19.4 Å². The van der Waals surface area contributed by atoms with Gasteiger partial charge < -0.3 is 14.5 Å². The van der Waals surface area contributed by atoms with Crippen molar-refractivity contribution in [2.24, 2.45) is 5.92 Å². The third-order valence-electron chi connectivity index (χ3n) is 3.52. The number of likely N-dealkylation sites (tertiary alicyclic amines) is 1. The summed E-state index contributed by atoms with van der Waals surface area (Å²) in [5.41, 5.74) is 0. The summed E-state index contributed by atoms with van der Waals surface area (Å²) in [7, 11) is 1.39. The van der Waals surface area contributed by atoms with Gasteiger partial charge in [0.15, 0.2) is 0 Å². The Morgan fingerprint density at radius 1 is 1.60 bits per heavy atom. The molecule has 6 nitrogen and oxygen atoms in total. The maximum absolute atomic E-state index is 11.9. The van der Waals surface area contributed by atoms with Gasteiger partial charge in [-0.05, 0) is 32.0 Å². The highest BCUT2D eigenvalue weighted by Gasteiger charge is 2.30. The number of ether oxygens (including phenoxy) is 1. The van der Waals surface area contributed by atoms with Gasteiger partial charge in [-0.25, -0.2) is 0 Å². The van der Waals surface area contributed by atoms with Crippen molar-refractivity contribution < 1.29 is 18.7 Å². The smallest absolute Gasteiger partial charge is 0.310 e. The van der Waals surface area contributed by atoms with Crippen LogP contribution in [0.1, 0.15) is 25.1 Å². The Morgan fingerprint density at radius 3 is 3.05 bits per heavy atom. The molecule has 0 radical (unpaired) electrons. The van der Waals surface area contributed by atoms with Crippen LogP contribution < -0.4 is 5.32 Å². The predicted octanol–water partition coefficient (Wildman–Crippen LogP) is 0.952. The highest BCUT2D eigenvalue weighted by molar-refractivity contribution is 5.79. The van der Waals surface area contributed by atoms with Crippen LogP contribution in [-0.2, 0) is 14.3 Å². The largest absolute Gasteiger partial charge is 0.469 e. The molecule has 0 bridgehead atoms. The summed E-state index contributed by atoms with van der Waals surface area (Å²) in [5, 5.41) is 2.88. The topological polar surface area (TPSA) is 71.8 Å². The molecule has 0 aromatic carbocycles. The minimum Gasteiger partial charge on any atom is -0.469 e. The number of rotatable bonds is 5. The fraction of sp³-hybridized carbons (Fsp3) is 0.571. The van der Waals surface area contributed by atoms with Crippen molar-refractivity contribution in [3.8, 4) is 0 Å². The standard InChI is InChI=1S/C14H20N2O4/c1-10(12-4-3-7-20-12)15-13(17)9-16-6-5-11(8-16)14(18)19-2/h3-4,7,10-11H,5-6,8-9H2,1-2H3,(H,15,17). The molecule has 0 saturated carbocycles. The van der Waals surface area contributed by atoms with E-state index in [0.717, 1.165) is 18.7 Å². The van der Waals surface area contributed by atoms with E-state index in [1.54, 1.807) is 12.3 Å². The quantitative estimate of drug-likeness (QED) is 0.813. The first kappa shape index (κ1) is 14.6. The molecule has 1 aliphatic rings. The van der Waals surface area contributed by atoms with E-state index in [0.29, 0.717) is 13.1 Å². The van der Waals surface area contributed by atoms with E-state index in [-0.39, 0.29) is 23.8 Å². The molecule has 0 spiro atoms. The monoisotopic (exact) mass is 280 g/mol. The van der Waals surface area contributed by atoms with Crippen LogP contribution in [0.15, 0.2) is 22.8 Å². The van der Waals surface area contributed by atoms with Crippen molar-refractivity contribution in [1.29, 1.82) is 0 Å². The van der Waals surface area contributed by atoms with Crippen molar-refractivity contribution in [2.75, 3.05) is 26.7 Å². The van der Waals surface area contributed by atoms with E-state index in [1.165, 1.54) is 7.11 Å². The van der Waals surface area contributed by atoms with Crippen LogP contribution in [0, 0.1) is 5.92 Å². The Hall–Kier alpha value is -1.82. The molecule has 0 aliphatic carbocycles. The molecule has 110 valence electrons. The first-order chi connectivity index (χ1) is 9.60. The zero-order chi connectivity index (χ0) is 14.5. The summed E-state index contributed by atoms with van der Waals surface area (Å²) in [6, 6.07) is 3.46. The Morgan fingerprint density at radius 2 is 2.40 bits per heavy atom. The Kier molecular flexibility index (Phi) is 4.79. The van der Waals surface area contributed by atoms with E-state index < -0.39 is 0 Å². The number of nitrogens with one attached hydrogen (secondary N) is 1. The first-order valence-corrected chi connectivity index (χ1v) is 6.73. The van der Waals surface area contributed by atoms with E-state index in [4.69, 9.17) is 9.15 Å². The zero-order valence-electron chi connectivity index (χ0n) is 11.8. The molecule has 1 aromatic heterocycles. The molecule has 1 fully saturated rings. The van der Waals surface area contributed by atoms with E-state index in [9.17, 15) is 9.59 Å². The fourth-order valence-electron chi connectivity index (χ4n) is 2.43. The second-order valence-electron chi connectivity index (χ2n) is 5.05. The van der Waals surface area contributed by atoms with Gasteiger partial charge in [0, 0.05) is 6.54 Å². The molecule has 1 saturated heterocycles. The van der Waals surface area contributed by atoms with E-state index >= 15 is 0 Å². The highest BCUT2D eigenvalue weighted by atomic mass is 16.5. The molecular weight excluding hydrogens is 260 g/mol. The lowest BCUT2D eigenvalue weighted by Gasteiger charge is -2.17. The fourth-order valence-corrected chi connectivity index (χ4v) is 2.43. The molecule has 6 heteroatoms. The summed E-state index contributed by atoms with van der Waals surface area (Å²) in [5.74, 6) is 0.346. The normalized spacial score (nSPS) is 20.6. The maximum atomic E-state index is 11.9. The predicted molar refractivity (Wildman–Crippen MR) is 71.8 cm³/mol. The van der Waals surface area contributed by atoms with Gasteiger partial charge in [-0.15, -0.1) is 0 Å². The van der Waals surface area contributed by atoms with Crippen LogP contribution in [0.5, 0.6) is 0 Å². The van der Waals surface area contributed by atoms with Gasteiger partial charge in [-0.1, -0.05) is 0 Å². The van der Waals surface area contributed by atoms with E-state index in [2.05, 4.69) is 5.32 Å². The molecule has 1 N–H and O–H groups in total. The van der Waals surface area contributed by atoms with Crippen molar-refractivity contribution in [3.63, 3.8) is 0 Å². The van der Waals surface area contributed by atoms with Gasteiger partial charge in [0.05, 0.1) is 31.9 Å². The Balaban J connectivity index is 1.77. The molecule has 1 amide bonds. The molecule has 20 heavy (non-hydrogen) atoms. The van der Waals surface area contributed by atoms with Crippen LogP contribution in [0.25, 0.3) is 0 Å². The van der Waals surface area contributed by atoms with Crippen molar-refractivity contribution in [1.82, 2.24) is 10.2 Å². The Bertz CT molecular complexity index is 458. The lowest BCUT2D eigenvalue weighted by atomic mass is 10.1. The lowest BCUT2D eigenvalue weighted by Crippen LogP contribution is -2.37. The van der Waals surface area contributed by atoms with Gasteiger partial charge in [-0.3, -0.25) is 14.5 Å². The molecule has 2 rings (SSSR count). The second-order valence-corrected chi connectivity index (χ2v) is 5.05. The minimum atomic E-state index is -0.197. The summed E-state index contributed by atoms with van der Waals surface area (Å²) in [6.07, 6.45) is 2.33. The zero-order valence-corrected chi connectivity index (χ0v) is 11.8. The molecule has 1 aliphatic heterocycles. The Labute approximate surface area is 118 Å². The second kappa shape index (κ2) is 6.56. The third-order valence-corrected chi connectivity index (χ3v) is 3.52. The number of furan rings is 1. The van der Waals surface area contributed by atoms with Crippen LogP contribution in [0.2, 0.25) is 0 Å². The van der Waals surface area contributed by atoms with Gasteiger partial charge in [0.2, 0.25) is 5.91 Å². The number of hydrogen-bond acceptors (Lipinski definition) is 5. The van der Waals surface area contributed by atoms with Crippen LogP contribution >= 0.6 is 0 Å². The summed E-state index contributed by atoms with van der Waals surface area (Å²) in [4.78, 5) is 25.3. The van der Waals surface area contributed by atoms with Gasteiger partial charge >= 0.3 is 5.97 Å². The number of carbonyl (C=O) groups is 2.